The number of rotatable bonds is 8. The Morgan fingerprint density at radius 1 is 0.931 bits per heavy atom. The number of fused-ring (bicyclic) bond motifs is 1. The van der Waals surface area contributed by atoms with Gasteiger partial charge < -0.3 is 15.4 Å². The number of ether oxygens (including phenoxy) is 1. The molecule has 3 aromatic carbocycles. The predicted octanol–water partition coefficient (Wildman–Crippen LogP) is 4.78. The van der Waals surface area contributed by atoms with Crippen LogP contribution in [0.4, 0.5) is 5.69 Å². The van der Waals surface area contributed by atoms with Gasteiger partial charge in [-0.2, -0.15) is 0 Å². The topological polar surface area (TPSA) is 67.4 Å². The minimum atomic E-state index is -0.664. The van der Waals surface area contributed by atoms with Crippen molar-refractivity contribution in [3.05, 3.63) is 72.3 Å². The number of hydrogen-bond donors (Lipinski definition) is 2. The molecule has 0 spiro atoms. The Kier molecular flexibility index (Phi) is 6.85. The Morgan fingerprint density at radius 3 is 2.41 bits per heavy atom. The zero-order valence-electron chi connectivity index (χ0n) is 16.8. The second-order valence-electron chi connectivity index (χ2n) is 6.81. The maximum absolute atomic E-state index is 12.8. The molecule has 0 aliphatic rings. The molecule has 0 saturated heterocycles. The van der Waals surface area contributed by atoms with E-state index in [-0.39, 0.29) is 11.8 Å². The molecule has 5 nitrogen and oxygen atoms in total. The van der Waals surface area contributed by atoms with Crippen LogP contribution in [0.15, 0.2) is 66.7 Å². The molecular formula is C24H26N2O3. The van der Waals surface area contributed by atoms with Crippen LogP contribution in [-0.4, -0.2) is 24.5 Å². The molecule has 150 valence electrons. The summed E-state index contributed by atoms with van der Waals surface area (Å²) in [5.74, 6) is 0.155. The van der Waals surface area contributed by atoms with Crippen molar-refractivity contribution < 1.29 is 14.3 Å². The minimum Gasteiger partial charge on any atom is -0.481 e. The van der Waals surface area contributed by atoms with Crippen molar-refractivity contribution in [2.45, 2.75) is 32.8 Å². The van der Waals surface area contributed by atoms with E-state index in [2.05, 4.69) is 10.6 Å². The van der Waals surface area contributed by atoms with Gasteiger partial charge in [-0.25, -0.2) is 0 Å². The molecule has 2 amide bonds. The van der Waals surface area contributed by atoms with Crippen LogP contribution in [0, 0.1) is 0 Å². The molecule has 0 aliphatic heterocycles. The van der Waals surface area contributed by atoms with Gasteiger partial charge in [0, 0.05) is 6.54 Å². The monoisotopic (exact) mass is 390 g/mol. The average molecular weight is 390 g/mol. The van der Waals surface area contributed by atoms with Crippen LogP contribution in [0.1, 0.15) is 37.0 Å². The summed E-state index contributed by atoms with van der Waals surface area (Å²) < 4.78 is 5.96. The lowest BCUT2D eigenvalue weighted by Crippen LogP contribution is -2.33. The molecular weight excluding hydrogens is 364 g/mol. The molecule has 0 radical (unpaired) electrons. The summed E-state index contributed by atoms with van der Waals surface area (Å²) in [4.78, 5) is 25.2. The molecule has 1 unspecified atom stereocenters. The van der Waals surface area contributed by atoms with Crippen LogP contribution in [0.3, 0.4) is 0 Å². The number of benzene rings is 3. The van der Waals surface area contributed by atoms with Gasteiger partial charge in [-0.15, -0.1) is 0 Å². The summed E-state index contributed by atoms with van der Waals surface area (Å²) in [7, 11) is 0. The van der Waals surface area contributed by atoms with E-state index < -0.39 is 6.10 Å². The molecule has 0 aliphatic carbocycles. The number of carbonyl (C=O) groups is 2. The van der Waals surface area contributed by atoms with E-state index in [0.717, 1.165) is 17.2 Å². The van der Waals surface area contributed by atoms with Crippen molar-refractivity contribution in [1.82, 2.24) is 5.32 Å². The largest absolute Gasteiger partial charge is 0.481 e. The fourth-order valence-corrected chi connectivity index (χ4v) is 3.06. The molecule has 0 aromatic heterocycles. The highest BCUT2D eigenvalue weighted by atomic mass is 16.5. The highest BCUT2D eigenvalue weighted by Crippen LogP contribution is 2.23. The van der Waals surface area contributed by atoms with Gasteiger partial charge in [0.05, 0.1) is 11.3 Å². The first-order chi connectivity index (χ1) is 14.1. The van der Waals surface area contributed by atoms with E-state index in [0.29, 0.717) is 30.0 Å². The normalized spacial score (nSPS) is 11.7. The van der Waals surface area contributed by atoms with Gasteiger partial charge in [0.2, 0.25) is 0 Å². The summed E-state index contributed by atoms with van der Waals surface area (Å²) in [6.07, 6.45) is 0.684. The zero-order chi connectivity index (χ0) is 20.6. The Labute approximate surface area is 171 Å². The van der Waals surface area contributed by atoms with E-state index >= 15 is 0 Å². The maximum atomic E-state index is 12.8. The lowest BCUT2D eigenvalue weighted by Gasteiger charge is -2.19. The third-order valence-corrected chi connectivity index (χ3v) is 4.63. The fraction of sp³-hybridized carbons (Fsp3) is 0.250. The van der Waals surface area contributed by atoms with Gasteiger partial charge in [0.25, 0.3) is 11.8 Å². The average Bonchev–Trinajstić information content (AvgIpc) is 2.76. The van der Waals surface area contributed by atoms with E-state index in [1.54, 1.807) is 24.3 Å². The van der Waals surface area contributed by atoms with Gasteiger partial charge in [0.1, 0.15) is 5.75 Å². The van der Waals surface area contributed by atoms with Crippen molar-refractivity contribution in [2.75, 3.05) is 11.9 Å². The molecule has 5 heteroatoms. The first-order valence-electron chi connectivity index (χ1n) is 9.96. The van der Waals surface area contributed by atoms with Crippen LogP contribution >= 0.6 is 0 Å². The molecule has 0 heterocycles. The molecule has 29 heavy (non-hydrogen) atoms. The van der Waals surface area contributed by atoms with E-state index in [4.69, 9.17) is 4.74 Å². The number of anilines is 1. The Hall–Kier alpha value is -3.34. The summed E-state index contributed by atoms with van der Waals surface area (Å²) >= 11 is 0. The van der Waals surface area contributed by atoms with Crippen molar-refractivity contribution in [3.63, 3.8) is 0 Å². The highest BCUT2D eigenvalue weighted by Gasteiger charge is 2.21. The fourth-order valence-electron chi connectivity index (χ4n) is 3.06. The first-order valence-corrected chi connectivity index (χ1v) is 9.96. The Balaban J connectivity index is 1.74. The molecule has 0 fully saturated rings. The molecule has 0 saturated carbocycles. The van der Waals surface area contributed by atoms with Crippen molar-refractivity contribution in [2.24, 2.45) is 0 Å². The number of hydrogen-bond acceptors (Lipinski definition) is 3. The first kappa shape index (κ1) is 20.4. The second kappa shape index (κ2) is 9.73. The van der Waals surface area contributed by atoms with Gasteiger partial charge in [0.15, 0.2) is 6.10 Å². The summed E-state index contributed by atoms with van der Waals surface area (Å²) in [6.45, 7) is 4.47. The third-order valence-electron chi connectivity index (χ3n) is 4.63. The van der Waals surface area contributed by atoms with Crippen LogP contribution < -0.4 is 15.4 Å². The number of carbonyl (C=O) groups excluding carboxylic acids is 2. The van der Waals surface area contributed by atoms with Crippen LogP contribution in [0.5, 0.6) is 5.75 Å². The van der Waals surface area contributed by atoms with E-state index in [9.17, 15) is 9.59 Å². The maximum Gasteiger partial charge on any atom is 0.265 e. The summed E-state index contributed by atoms with van der Waals surface area (Å²) in [5.41, 5.74) is 0.918. The zero-order valence-corrected chi connectivity index (χ0v) is 16.8. The highest BCUT2D eigenvalue weighted by molar-refractivity contribution is 6.04. The number of para-hydroxylation sites is 1. The molecule has 3 aromatic rings. The summed E-state index contributed by atoms with van der Waals surface area (Å²) in [5, 5.41) is 7.86. The van der Waals surface area contributed by atoms with Crippen molar-refractivity contribution in [1.29, 1.82) is 0 Å². The molecule has 2 N–H and O–H groups in total. The van der Waals surface area contributed by atoms with Crippen LogP contribution in [0.2, 0.25) is 0 Å². The Bertz CT molecular complexity index is 1000. The lowest BCUT2D eigenvalue weighted by atomic mass is 10.1. The number of nitrogens with one attached hydrogen (secondary N) is 2. The predicted molar refractivity (Wildman–Crippen MR) is 116 cm³/mol. The van der Waals surface area contributed by atoms with Gasteiger partial charge in [-0.3, -0.25) is 9.59 Å². The smallest absolute Gasteiger partial charge is 0.265 e. The van der Waals surface area contributed by atoms with Gasteiger partial charge >= 0.3 is 0 Å². The third kappa shape index (κ3) is 5.13. The van der Waals surface area contributed by atoms with Crippen molar-refractivity contribution >= 4 is 28.3 Å². The van der Waals surface area contributed by atoms with Gasteiger partial charge in [-0.05, 0) is 47.9 Å². The van der Waals surface area contributed by atoms with Crippen LogP contribution in [-0.2, 0) is 4.79 Å². The number of amides is 2. The van der Waals surface area contributed by atoms with E-state index in [1.165, 1.54) is 0 Å². The molecule has 1 atom stereocenters. The standard InChI is InChI=1S/C24H26N2O3/c1-3-15-25-23(27)20-11-7-8-12-21(20)26-24(28)22(4-2)29-19-14-13-17-9-5-6-10-18(17)16-19/h5-14,16,22H,3-4,15H2,1-2H3,(H,25,27)(H,26,28). The summed E-state index contributed by atoms with van der Waals surface area (Å²) in [6, 6.07) is 20.8. The quantitative estimate of drug-likeness (QED) is 0.582. The van der Waals surface area contributed by atoms with E-state index in [1.807, 2.05) is 56.3 Å². The molecule has 3 rings (SSSR count). The van der Waals surface area contributed by atoms with Gasteiger partial charge in [-0.1, -0.05) is 56.3 Å². The molecule has 0 bridgehead atoms. The van der Waals surface area contributed by atoms with Crippen molar-refractivity contribution in [3.8, 4) is 5.75 Å². The SMILES string of the molecule is CCCNC(=O)c1ccccc1NC(=O)C(CC)Oc1ccc2ccccc2c1. The minimum absolute atomic E-state index is 0.203. The van der Waals surface area contributed by atoms with Crippen LogP contribution in [0.25, 0.3) is 10.8 Å². The lowest BCUT2D eigenvalue weighted by molar-refractivity contribution is -0.122. The Morgan fingerprint density at radius 2 is 1.66 bits per heavy atom. The second-order valence-corrected chi connectivity index (χ2v) is 6.81.